The quantitative estimate of drug-likeness (QED) is 0.452. The summed E-state index contributed by atoms with van der Waals surface area (Å²) in [5.41, 5.74) is 5.30. The van der Waals surface area contributed by atoms with Gasteiger partial charge in [0.05, 0.1) is 6.04 Å². The molecule has 0 aromatic rings. The molecular formula is C6H9NO2. The fourth-order valence-electron chi connectivity index (χ4n) is 0.944. The van der Waals surface area contributed by atoms with Gasteiger partial charge in [0.15, 0.2) is 5.78 Å². The molecule has 1 fully saturated rings. The predicted molar refractivity (Wildman–Crippen MR) is 31.8 cm³/mol. The largest absolute Gasteiger partial charge is 0.321 e. The predicted octanol–water partition coefficient (Wildman–Crippen LogP) is -0.364. The molecular weight excluding hydrogens is 118 g/mol. The van der Waals surface area contributed by atoms with Gasteiger partial charge >= 0.3 is 0 Å². The molecule has 9 heavy (non-hydrogen) atoms. The summed E-state index contributed by atoms with van der Waals surface area (Å²) in [5, 5.41) is 0. The molecule has 50 valence electrons. The number of Topliss-reactive ketones (excluding diaryl/α,β-unsaturated/α-hetero) is 2. The van der Waals surface area contributed by atoms with Crippen molar-refractivity contribution in [3.63, 3.8) is 0 Å². The minimum atomic E-state index is -0.508. The van der Waals surface area contributed by atoms with Crippen molar-refractivity contribution in [3.05, 3.63) is 0 Å². The van der Waals surface area contributed by atoms with Crippen molar-refractivity contribution < 1.29 is 9.59 Å². The van der Waals surface area contributed by atoms with Crippen molar-refractivity contribution in [2.24, 2.45) is 5.73 Å². The number of carbonyl (C=O) groups excluding carboxylic acids is 2. The van der Waals surface area contributed by atoms with Crippen LogP contribution in [0.3, 0.4) is 0 Å². The highest BCUT2D eigenvalue weighted by Crippen LogP contribution is 2.08. The number of hydrogen-bond donors (Lipinski definition) is 1. The van der Waals surface area contributed by atoms with E-state index in [4.69, 9.17) is 5.73 Å². The first kappa shape index (κ1) is 6.42. The first-order valence-electron chi connectivity index (χ1n) is 3.04. The summed E-state index contributed by atoms with van der Waals surface area (Å²) >= 11 is 0. The van der Waals surface area contributed by atoms with E-state index in [0.717, 1.165) is 6.42 Å². The molecule has 3 heteroatoms. The van der Waals surface area contributed by atoms with Crippen LogP contribution in [-0.2, 0) is 9.59 Å². The van der Waals surface area contributed by atoms with Crippen LogP contribution >= 0.6 is 0 Å². The zero-order valence-electron chi connectivity index (χ0n) is 5.09. The molecule has 2 N–H and O–H groups in total. The van der Waals surface area contributed by atoms with Crippen LogP contribution in [0.4, 0.5) is 0 Å². The Hall–Kier alpha value is -0.700. The second-order valence-electron chi connectivity index (χ2n) is 2.29. The Morgan fingerprint density at radius 2 is 2.11 bits per heavy atom. The highest BCUT2D eigenvalue weighted by Gasteiger charge is 2.25. The molecule has 3 nitrogen and oxygen atoms in total. The third kappa shape index (κ3) is 1.16. The first-order valence-corrected chi connectivity index (χ1v) is 3.04. The van der Waals surface area contributed by atoms with E-state index < -0.39 is 6.04 Å². The van der Waals surface area contributed by atoms with Crippen LogP contribution in [0.25, 0.3) is 0 Å². The van der Waals surface area contributed by atoms with Gasteiger partial charge < -0.3 is 5.73 Å². The zero-order valence-corrected chi connectivity index (χ0v) is 5.09. The van der Waals surface area contributed by atoms with Crippen molar-refractivity contribution >= 4 is 11.6 Å². The van der Waals surface area contributed by atoms with Gasteiger partial charge in [-0.15, -0.1) is 0 Å². The van der Waals surface area contributed by atoms with Gasteiger partial charge in [0.1, 0.15) is 0 Å². The highest BCUT2D eigenvalue weighted by atomic mass is 16.2. The van der Waals surface area contributed by atoms with Gasteiger partial charge in [-0.2, -0.15) is 0 Å². The Morgan fingerprint density at radius 1 is 1.44 bits per heavy atom. The maximum atomic E-state index is 10.7. The number of nitrogens with two attached hydrogens (primary N) is 1. The molecule has 0 aliphatic heterocycles. The van der Waals surface area contributed by atoms with Gasteiger partial charge in [-0.25, -0.2) is 0 Å². The van der Waals surface area contributed by atoms with E-state index in [0.29, 0.717) is 12.8 Å². The zero-order chi connectivity index (χ0) is 6.85. The maximum absolute atomic E-state index is 10.7. The molecule has 0 bridgehead atoms. The van der Waals surface area contributed by atoms with Crippen molar-refractivity contribution in [2.75, 3.05) is 0 Å². The number of hydrogen-bond acceptors (Lipinski definition) is 3. The Balaban J connectivity index is 2.62. The molecule has 1 aliphatic rings. The minimum absolute atomic E-state index is 0.297. The van der Waals surface area contributed by atoms with Gasteiger partial charge in [-0.05, 0) is 12.8 Å². The van der Waals surface area contributed by atoms with Crippen LogP contribution in [0.1, 0.15) is 19.3 Å². The van der Waals surface area contributed by atoms with Crippen LogP contribution in [0.15, 0.2) is 0 Å². The highest BCUT2D eigenvalue weighted by molar-refractivity contribution is 6.39. The average molecular weight is 127 g/mol. The summed E-state index contributed by atoms with van der Waals surface area (Å²) in [6.45, 7) is 0. The van der Waals surface area contributed by atoms with Crippen LogP contribution in [0, 0.1) is 0 Å². The Bertz CT molecular complexity index is 153. The van der Waals surface area contributed by atoms with Gasteiger partial charge in [0.25, 0.3) is 0 Å². The summed E-state index contributed by atoms with van der Waals surface area (Å²) < 4.78 is 0. The maximum Gasteiger partial charge on any atom is 0.214 e. The number of carbonyl (C=O) groups is 2. The van der Waals surface area contributed by atoms with Crippen molar-refractivity contribution in [3.8, 4) is 0 Å². The monoisotopic (exact) mass is 127 g/mol. The third-order valence-corrected chi connectivity index (χ3v) is 1.53. The molecule has 0 radical (unpaired) electrons. The number of rotatable bonds is 0. The first-order chi connectivity index (χ1) is 4.22. The lowest BCUT2D eigenvalue weighted by atomic mass is 9.94. The minimum Gasteiger partial charge on any atom is -0.321 e. The van der Waals surface area contributed by atoms with Crippen LogP contribution in [0.5, 0.6) is 0 Å². The van der Waals surface area contributed by atoms with E-state index >= 15 is 0 Å². The van der Waals surface area contributed by atoms with Gasteiger partial charge in [-0.3, -0.25) is 9.59 Å². The second-order valence-corrected chi connectivity index (χ2v) is 2.29. The average Bonchev–Trinajstić information content (AvgIpc) is 1.83. The molecule has 0 heterocycles. The molecule has 0 aromatic carbocycles. The lowest BCUT2D eigenvalue weighted by Crippen LogP contribution is -2.39. The van der Waals surface area contributed by atoms with E-state index in [-0.39, 0.29) is 11.6 Å². The summed E-state index contributed by atoms with van der Waals surface area (Å²) in [6.07, 6.45) is 1.84. The molecule has 0 spiro atoms. The number of ketones is 2. The molecule has 1 saturated carbocycles. The SMILES string of the molecule is N[C@@H]1CCCC(=O)C1=O. The smallest absolute Gasteiger partial charge is 0.214 e. The summed E-state index contributed by atoms with van der Waals surface area (Å²) in [6, 6.07) is -0.508. The van der Waals surface area contributed by atoms with E-state index in [1.807, 2.05) is 0 Å². The molecule has 0 aromatic heterocycles. The van der Waals surface area contributed by atoms with Crippen LogP contribution in [-0.4, -0.2) is 17.6 Å². The lowest BCUT2D eigenvalue weighted by molar-refractivity contribution is -0.138. The summed E-state index contributed by atoms with van der Waals surface area (Å²) in [4.78, 5) is 21.2. The van der Waals surface area contributed by atoms with E-state index in [1.54, 1.807) is 0 Å². The van der Waals surface area contributed by atoms with Crippen LogP contribution < -0.4 is 5.73 Å². The second kappa shape index (κ2) is 2.27. The Morgan fingerprint density at radius 3 is 2.56 bits per heavy atom. The van der Waals surface area contributed by atoms with Crippen molar-refractivity contribution in [1.82, 2.24) is 0 Å². The van der Waals surface area contributed by atoms with Gasteiger partial charge in [0.2, 0.25) is 5.78 Å². The molecule has 1 aliphatic carbocycles. The molecule has 1 rings (SSSR count). The standard InChI is InChI=1S/C6H9NO2/c7-4-2-1-3-5(8)6(4)9/h4H,1-3,7H2/t4-/m1/s1. The van der Waals surface area contributed by atoms with Crippen molar-refractivity contribution in [1.29, 1.82) is 0 Å². The fourth-order valence-corrected chi connectivity index (χ4v) is 0.944. The van der Waals surface area contributed by atoms with E-state index in [2.05, 4.69) is 0 Å². The van der Waals surface area contributed by atoms with Crippen LogP contribution in [0.2, 0.25) is 0 Å². The third-order valence-electron chi connectivity index (χ3n) is 1.53. The van der Waals surface area contributed by atoms with E-state index in [1.165, 1.54) is 0 Å². The Kier molecular flexibility index (Phi) is 1.62. The molecule has 0 unspecified atom stereocenters. The van der Waals surface area contributed by atoms with Gasteiger partial charge in [0, 0.05) is 6.42 Å². The molecule has 1 atom stereocenters. The Labute approximate surface area is 53.2 Å². The van der Waals surface area contributed by atoms with E-state index in [9.17, 15) is 9.59 Å². The van der Waals surface area contributed by atoms with Crippen molar-refractivity contribution in [2.45, 2.75) is 25.3 Å². The lowest BCUT2D eigenvalue weighted by Gasteiger charge is -2.13. The summed E-state index contributed by atoms with van der Waals surface area (Å²) in [7, 11) is 0. The fraction of sp³-hybridized carbons (Fsp3) is 0.667. The summed E-state index contributed by atoms with van der Waals surface area (Å²) in [5.74, 6) is -0.685. The topological polar surface area (TPSA) is 60.2 Å². The normalized spacial score (nSPS) is 28.8. The molecule has 0 amide bonds. The van der Waals surface area contributed by atoms with Gasteiger partial charge in [-0.1, -0.05) is 0 Å². The molecule has 0 saturated heterocycles.